The molecule has 0 saturated heterocycles. The summed E-state index contributed by atoms with van der Waals surface area (Å²) in [7, 11) is 1.60. The molecule has 0 aliphatic carbocycles. The lowest BCUT2D eigenvalue weighted by Gasteiger charge is -2.09. The molecule has 34 heavy (non-hydrogen) atoms. The number of benzene rings is 3. The van der Waals surface area contributed by atoms with Gasteiger partial charge >= 0.3 is 6.03 Å². The van der Waals surface area contributed by atoms with Gasteiger partial charge in [0.05, 0.1) is 19.3 Å². The van der Waals surface area contributed by atoms with Gasteiger partial charge in [-0.1, -0.05) is 30.3 Å². The fraction of sp³-hybridized carbons (Fsp3) is 0.120. The van der Waals surface area contributed by atoms with Crippen LogP contribution in [0.1, 0.15) is 16.2 Å². The lowest BCUT2D eigenvalue weighted by molar-refractivity contribution is 0.102. The van der Waals surface area contributed by atoms with Crippen molar-refractivity contribution >= 4 is 11.8 Å². The number of nitrogens with one attached hydrogen (secondary N) is 1. The van der Waals surface area contributed by atoms with Crippen molar-refractivity contribution in [3.63, 3.8) is 0 Å². The third-order valence-corrected chi connectivity index (χ3v) is 4.95. The Morgan fingerprint density at radius 1 is 0.941 bits per heavy atom. The highest BCUT2D eigenvalue weighted by Crippen LogP contribution is 2.25. The van der Waals surface area contributed by atoms with Crippen LogP contribution in [0.15, 0.2) is 78.9 Å². The van der Waals surface area contributed by atoms with E-state index in [2.05, 4.69) is 15.4 Å². The van der Waals surface area contributed by atoms with Crippen LogP contribution in [-0.4, -0.2) is 46.8 Å². The summed E-state index contributed by atoms with van der Waals surface area (Å²) in [5, 5.41) is 6.99. The number of nitrogens with two attached hydrogens (primary N) is 1. The van der Waals surface area contributed by atoms with Crippen molar-refractivity contribution in [2.75, 3.05) is 20.3 Å². The molecule has 3 N–H and O–H groups in total. The second-order valence-corrected chi connectivity index (χ2v) is 7.23. The molecular weight excluding hydrogens is 434 g/mol. The van der Waals surface area contributed by atoms with Crippen LogP contribution < -0.4 is 20.5 Å². The van der Waals surface area contributed by atoms with Gasteiger partial charge in [-0.3, -0.25) is 4.79 Å². The minimum absolute atomic E-state index is 0.0925. The first-order valence-corrected chi connectivity index (χ1v) is 10.5. The highest BCUT2D eigenvalue weighted by Gasteiger charge is 2.20. The number of hydrogen-bond donors (Lipinski definition) is 2. The van der Waals surface area contributed by atoms with E-state index in [1.165, 1.54) is 0 Å². The van der Waals surface area contributed by atoms with E-state index in [1.54, 1.807) is 48.2 Å². The summed E-state index contributed by atoms with van der Waals surface area (Å²) < 4.78 is 12.5. The minimum Gasteiger partial charge on any atom is -0.497 e. The molecule has 9 heteroatoms. The van der Waals surface area contributed by atoms with Crippen LogP contribution in [0.4, 0.5) is 4.79 Å². The van der Waals surface area contributed by atoms with E-state index < -0.39 is 6.03 Å². The van der Waals surface area contributed by atoms with Crippen LogP contribution in [0.5, 0.6) is 11.5 Å². The molecule has 0 saturated carbocycles. The first kappa shape index (κ1) is 22.5. The Hall–Kier alpha value is -4.66. The van der Waals surface area contributed by atoms with E-state index in [0.29, 0.717) is 29.4 Å². The normalized spacial score (nSPS) is 10.5. The molecule has 4 rings (SSSR count). The average Bonchev–Trinajstić information content (AvgIpc) is 3.32. The second-order valence-electron chi connectivity index (χ2n) is 7.23. The van der Waals surface area contributed by atoms with Gasteiger partial charge in [0.2, 0.25) is 11.6 Å². The summed E-state index contributed by atoms with van der Waals surface area (Å²) in [4.78, 5) is 28.3. The molecule has 4 aromatic rings. The molecule has 1 heterocycles. The standard InChI is InChI=1S/C25H23N5O4/c1-33-20-13-9-19(10-14-20)30-24(28-23(29-30)22(31)17-5-3-2-4-6-17)18-7-11-21(12-8-18)34-16-15-27-25(26)32/h2-14H,15-16H2,1H3,(H3,26,27,32). The van der Waals surface area contributed by atoms with Crippen molar-refractivity contribution in [1.29, 1.82) is 0 Å². The predicted molar refractivity (Wildman–Crippen MR) is 126 cm³/mol. The van der Waals surface area contributed by atoms with E-state index in [9.17, 15) is 9.59 Å². The van der Waals surface area contributed by atoms with Crippen molar-refractivity contribution in [2.45, 2.75) is 0 Å². The fourth-order valence-electron chi connectivity index (χ4n) is 3.26. The number of carbonyl (C=O) groups excluding carboxylic acids is 2. The van der Waals surface area contributed by atoms with Gasteiger partial charge in [0, 0.05) is 11.1 Å². The van der Waals surface area contributed by atoms with E-state index in [4.69, 9.17) is 15.2 Å². The zero-order valence-electron chi connectivity index (χ0n) is 18.5. The van der Waals surface area contributed by atoms with Gasteiger partial charge in [-0.2, -0.15) is 0 Å². The summed E-state index contributed by atoms with van der Waals surface area (Å²) in [6.07, 6.45) is 0. The molecule has 0 aliphatic rings. The second kappa shape index (κ2) is 10.3. The molecule has 9 nitrogen and oxygen atoms in total. The summed E-state index contributed by atoms with van der Waals surface area (Å²) in [5.41, 5.74) is 7.03. The van der Waals surface area contributed by atoms with Crippen molar-refractivity contribution in [3.8, 4) is 28.6 Å². The maximum Gasteiger partial charge on any atom is 0.312 e. The Morgan fingerprint density at radius 3 is 2.26 bits per heavy atom. The quantitative estimate of drug-likeness (QED) is 0.294. The number of methoxy groups -OCH3 is 1. The van der Waals surface area contributed by atoms with E-state index in [0.717, 1.165) is 11.3 Å². The van der Waals surface area contributed by atoms with Gasteiger partial charge < -0.3 is 20.5 Å². The Bertz CT molecular complexity index is 1270. The lowest BCUT2D eigenvalue weighted by Crippen LogP contribution is -2.32. The van der Waals surface area contributed by atoms with Gasteiger partial charge in [-0.05, 0) is 48.5 Å². The molecular formula is C25H23N5O4. The van der Waals surface area contributed by atoms with Gasteiger partial charge in [0.1, 0.15) is 18.1 Å². The van der Waals surface area contributed by atoms with Crippen molar-refractivity contribution in [1.82, 2.24) is 20.1 Å². The van der Waals surface area contributed by atoms with Crippen LogP contribution in [0.2, 0.25) is 0 Å². The molecule has 0 spiro atoms. The molecule has 1 aromatic heterocycles. The number of amides is 2. The monoisotopic (exact) mass is 457 g/mol. The van der Waals surface area contributed by atoms with E-state index in [1.807, 2.05) is 42.5 Å². The molecule has 0 unspecified atom stereocenters. The van der Waals surface area contributed by atoms with Crippen LogP contribution in [-0.2, 0) is 0 Å². The number of rotatable bonds is 9. The van der Waals surface area contributed by atoms with Crippen LogP contribution in [0.3, 0.4) is 0 Å². The summed E-state index contributed by atoms with van der Waals surface area (Å²) in [6, 6.07) is 22.9. The Labute approximate surface area is 196 Å². The zero-order chi connectivity index (χ0) is 23.9. The first-order valence-electron chi connectivity index (χ1n) is 10.5. The number of primary amides is 1. The Morgan fingerprint density at radius 2 is 1.62 bits per heavy atom. The molecule has 0 radical (unpaired) electrons. The number of ether oxygens (including phenoxy) is 2. The maximum absolute atomic E-state index is 13.0. The van der Waals surface area contributed by atoms with Gasteiger partial charge in [0.25, 0.3) is 0 Å². The largest absolute Gasteiger partial charge is 0.497 e. The maximum atomic E-state index is 13.0. The number of ketones is 1. The Kier molecular flexibility index (Phi) is 6.83. The lowest BCUT2D eigenvalue weighted by atomic mass is 10.1. The number of hydrogen-bond acceptors (Lipinski definition) is 6. The highest BCUT2D eigenvalue weighted by molar-refractivity contribution is 6.06. The number of nitrogens with zero attached hydrogens (tertiary/aromatic N) is 3. The highest BCUT2D eigenvalue weighted by atomic mass is 16.5. The molecule has 3 aromatic carbocycles. The fourth-order valence-corrected chi connectivity index (χ4v) is 3.26. The summed E-state index contributed by atoms with van der Waals surface area (Å²) in [6.45, 7) is 0.577. The van der Waals surface area contributed by atoms with Crippen LogP contribution in [0, 0.1) is 0 Å². The molecule has 0 bridgehead atoms. The van der Waals surface area contributed by atoms with Crippen LogP contribution in [0.25, 0.3) is 17.1 Å². The average molecular weight is 457 g/mol. The topological polar surface area (TPSA) is 121 Å². The van der Waals surface area contributed by atoms with Crippen molar-refractivity contribution in [2.24, 2.45) is 5.73 Å². The van der Waals surface area contributed by atoms with E-state index in [-0.39, 0.29) is 18.2 Å². The summed E-state index contributed by atoms with van der Waals surface area (Å²) in [5.74, 6) is 1.65. The van der Waals surface area contributed by atoms with Crippen molar-refractivity contribution in [3.05, 3.63) is 90.3 Å². The molecule has 0 aliphatic heterocycles. The smallest absolute Gasteiger partial charge is 0.312 e. The SMILES string of the molecule is COc1ccc(-n2nc(C(=O)c3ccccc3)nc2-c2ccc(OCCNC(N)=O)cc2)cc1. The predicted octanol–water partition coefficient (Wildman–Crippen LogP) is 3.22. The minimum atomic E-state index is -0.599. The molecule has 2 amide bonds. The number of carbonyl (C=O) groups is 2. The summed E-state index contributed by atoms with van der Waals surface area (Å²) >= 11 is 0. The molecule has 0 fully saturated rings. The molecule has 0 atom stereocenters. The molecule has 172 valence electrons. The first-order chi connectivity index (χ1) is 16.5. The number of urea groups is 1. The third-order valence-electron chi connectivity index (χ3n) is 4.95. The van der Waals surface area contributed by atoms with Gasteiger partial charge in [0.15, 0.2) is 5.82 Å². The zero-order valence-corrected chi connectivity index (χ0v) is 18.5. The van der Waals surface area contributed by atoms with Gasteiger partial charge in [-0.25, -0.2) is 14.5 Å². The van der Waals surface area contributed by atoms with Gasteiger partial charge in [-0.15, -0.1) is 5.10 Å². The van der Waals surface area contributed by atoms with Crippen molar-refractivity contribution < 1.29 is 19.1 Å². The van der Waals surface area contributed by atoms with E-state index >= 15 is 0 Å². The third kappa shape index (κ3) is 5.21. The number of aromatic nitrogens is 3. The van der Waals surface area contributed by atoms with Crippen LogP contribution >= 0.6 is 0 Å². The Balaban J connectivity index is 1.65.